The topological polar surface area (TPSA) is 111 Å². The van der Waals surface area contributed by atoms with Crippen molar-refractivity contribution in [3.63, 3.8) is 0 Å². The third kappa shape index (κ3) is 5.78. The summed E-state index contributed by atoms with van der Waals surface area (Å²) in [6.45, 7) is -0.525. The van der Waals surface area contributed by atoms with Crippen LogP contribution in [-0.4, -0.2) is 40.3 Å². The molecule has 0 fully saturated rings. The molecule has 2 aromatic carbocycles. The van der Waals surface area contributed by atoms with Crippen molar-refractivity contribution in [1.29, 1.82) is 0 Å². The summed E-state index contributed by atoms with van der Waals surface area (Å²) >= 11 is 0. The van der Waals surface area contributed by atoms with E-state index < -0.39 is 28.5 Å². The Morgan fingerprint density at radius 3 is 2.50 bits per heavy atom. The Morgan fingerprint density at radius 2 is 1.81 bits per heavy atom. The number of anilines is 2. The second-order valence-corrected chi connectivity index (χ2v) is 7.02. The minimum absolute atomic E-state index is 0.00658. The van der Waals surface area contributed by atoms with E-state index in [0.717, 1.165) is 6.26 Å². The van der Waals surface area contributed by atoms with Gasteiger partial charge in [0.15, 0.2) is 6.61 Å². The van der Waals surface area contributed by atoms with Gasteiger partial charge in [-0.05, 0) is 24.3 Å². The van der Waals surface area contributed by atoms with Gasteiger partial charge >= 0.3 is 5.97 Å². The summed E-state index contributed by atoms with van der Waals surface area (Å²) in [4.78, 5) is 24.1. The standard InChI is InChI=1S/C17H18N2O6S/c1-24-13-7-5-6-12(10-13)18-16(20)11-25-17(21)14-8-3-4-9-15(14)19-26(2,22)23/h3-10,19H,11H2,1-2H3,(H,18,20). The molecule has 0 aliphatic heterocycles. The number of sulfonamides is 1. The zero-order chi connectivity index (χ0) is 19.2. The number of methoxy groups -OCH3 is 1. The number of amides is 1. The van der Waals surface area contributed by atoms with Gasteiger partial charge in [0.25, 0.3) is 5.91 Å². The molecule has 0 aromatic heterocycles. The van der Waals surface area contributed by atoms with Crippen LogP contribution < -0.4 is 14.8 Å². The van der Waals surface area contributed by atoms with Gasteiger partial charge in [-0.25, -0.2) is 13.2 Å². The van der Waals surface area contributed by atoms with E-state index in [0.29, 0.717) is 11.4 Å². The average Bonchev–Trinajstić information content (AvgIpc) is 2.59. The van der Waals surface area contributed by atoms with Crippen LogP contribution in [0, 0.1) is 0 Å². The van der Waals surface area contributed by atoms with Crippen LogP contribution in [0.15, 0.2) is 48.5 Å². The van der Waals surface area contributed by atoms with Gasteiger partial charge in [0.2, 0.25) is 10.0 Å². The summed E-state index contributed by atoms with van der Waals surface area (Å²) in [6.07, 6.45) is 0.969. The molecule has 9 heteroatoms. The molecule has 0 aliphatic carbocycles. The Balaban J connectivity index is 1.99. The molecule has 1 amide bonds. The lowest BCUT2D eigenvalue weighted by molar-refractivity contribution is -0.119. The molecule has 2 N–H and O–H groups in total. The van der Waals surface area contributed by atoms with E-state index in [1.165, 1.54) is 19.2 Å². The maximum Gasteiger partial charge on any atom is 0.340 e. The fourth-order valence-electron chi connectivity index (χ4n) is 2.06. The SMILES string of the molecule is COc1cccc(NC(=O)COC(=O)c2ccccc2NS(C)(=O)=O)c1. The Morgan fingerprint density at radius 1 is 1.08 bits per heavy atom. The van der Waals surface area contributed by atoms with Crippen LogP contribution in [-0.2, 0) is 19.6 Å². The van der Waals surface area contributed by atoms with Gasteiger partial charge in [-0.15, -0.1) is 0 Å². The molecule has 8 nitrogen and oxygen atoms in total. The van der Waals surface area contributed by atoms with Gasteiger partial charge in [-0.3, -0.25) is 9.52 Å². The summed E-state index contributed by atoms with van der Waals surface area (Å²) in [7, 11) is -2.06. The number of carbonyl (C=O) groups excluding carboxylic acids is 2. The van der Waals surface area contributed by atoms with Crippen LogP contribution in [0.4, 0.5) is 11.4 Å². The summed E-state index contributed by atoms with van der Waals surface area (Å²) in [5.74, 6) is -0.793. The quantitative estimate of drug-likeness (QED) is 0.712. The number of rotatable bonds is 7. The second-order valence-electron chi connectivity index (χ2n) is 5.28. The lowest BCUT2D eigenvalue weighted by atomic mass is 10.2. The molecule has 0 saturated carbocycles. The molecular weight excluding hydrogens is 360 g/mol. The Bertz CT molecular complexity index is 911. The summed E-state index contributed by atoms with van der Waals surface area (Å²) < 4.78 is 35.0. The van der Waals surface area contributed by atoms with Gasteiger partial charge in [0, 0.05) is 11.8 Å². The summed E-state index contributed by atoms with van der Waals surface area (Å²) in [6, 6.07) is 12.7. The first-order valence-electron chi connectivity index (χ1n) is 7.46. The highest BCUT2D eigenvalue weighted by atomic mass is 32.2. The maximum absolute atomic E-state index is 12.2. The molecule has 0 spiro atoms. The molecule has 0 bridgehead atoms. The number of esters is 1. The van der Waals surface area contributed by atoms with Gasteiger partial charge in [-0.1, -0.05) is 18.2 Å². The fourth-order valence-corrected chi connectivity index (χ4v) is 2.63. The van der Waals surface area contributed by atoms with Crippen molar-refractivity contribution in [3.8, 4) is 5.75 Å². The molecule has 26 heavy (non-hydrogen) atoms. The molecule has 0 heterocycles. The van der Waals surface area contributed by atoms with Crippen molar-refractivity contribution >= 4 is 33.3 Å². The van der Waals surface area contributed by atoms with Crippen LogP contribution in [0.3, 0.4) is 0 Å². The van der Waals surface area contributed by atoms with Crippen molar-refractivity contribution in [2.24, 2.45) is 0 Å². The van der Waals surface area contributed by atoms with Crippen LogP contribution in [0.1, 0.15) is 10.4 Å². The minimum atomic E-state index is -3.56. The average molecular weight is 378 g/mol. The van der Waals surface area contributed by atoms with E-state index in [1.54, 1.807) is 36.4 Å². The zero-order valence-corrected chi connectivity index (χ0v) is 15.0. The third-order valence-electron chi connectivity index (χ3n) is 3.13. The Labute approximate surface area is 151 Å². The van der Waals surface area contributed by atoms with Crippen LogP contribution in [0.2, 0.25) is 0 Å². The smallest absolute Gasteiger partial charge is 0.340 e. The largest absolute Gasteiger partial charge is 0.497 e. The van der Waals surface area contributed by atoms with Gasteiger partial charge < -0.3 is 14.8 Å². The number of ether oxygens (including phenoxy) is 2. The van der Waals surface area contributed by atoms with Crippen molar-refractivity contribution in [2.75, 3.05) is 30.0 Å². The van der Waals surface area contributed by atoms with Gasteiger partial charge in [0.05, 0.1) is 24.6 Å². The predicted molar refractivity (Wildman–Crippen MR) is 96.8 cm³/mol. The number of carbonyl (C=O) groups is 2. The molecule has 138 valence electrons. The van der Waals surface area contributed by atoms with Crippen molar-refractivity contribution < 1.29 is 27.5 Å². The number of para-hydroxylation sites is 1. The monoisotopic (exact) mass is 378 g/mol. The molecule has 2 aromatic rings. The third-order valence-corrected chi connectivity index (χ3v) is 3.72. The number of hydrogen-bond acceptors (Lipinski definition) is 6. The molecule has 0 radical (unpaired) electrons. The second kappa shape index (κ2) is 8.34. The predicted octanol–water partition coefficient (Wildman–Crippen LogP) is 1.86. The number of nitrogens with one attached hydrogen (secondary N) is 2. The fraction of sp³-hybridized carbons (Fsp3) is 0.176. The van der Waals surface area contributed by atoms with Crippen LogP contribution in [0.5, 0.6) is 5.75 Å². The summed E-state index contributed by atoms with van der Waals surface area (Å²) in [5.41, 5.74) is 0.574. The zero-order valence-electron chi connectivity index (χ0n) is 14.2. The van der Waals surface area contributed by atoms with Crippen molar-refractivity contribution in [1.82, 2.24) is 0 Å². The number of benzene rings is 2. The molecular formula is C17H18N2O6S. The highest BCUT2D eigenvalue weighted by Crippen LogP contribution is 2.18. The van der Waals surface area contributed by atoms with E-state index in [1.807, 2.05) is 0 Å². The van der Waals surface area contributed by atoms with Crippen LogP contribution in [0.25, 0.3) is 0 Å². The highest BCUT2D eigenvalue weighted by Gasteiger charge is 2.16. The lowest BCUT2D eigenvalue weighted by Crippen LogP contribution is -2.22. The Kier molecular flexibility index (Phi) is 6.18. The number of hydrogen-bond donors (Lipinski definition) is 2. The molecule has 0 aliphatic rings. The van der Waals surface area contributed by atoms with E-state index in [2.05, 4.69) is 10.0 Å². The van der Waals surface area contributed by atoms with E-state index in [9.17, 15) is 18.0 Å². The first-order valence-corrected chi connectivity index (χ1v) is 9.35. The van der Waals surface area contributed by atoms with Crippen LogP contribution >= 0.6 is 0 Å². The molecule has 0 saturated heterocycles. The maximum atomic E-state index is 12.2. The first-order chi connectivity index (χ1) is 12.3. The normalized spacial score (nSPS) is 10.7. The van der Waals surface area contributed by atoms with Gasteiger partial charge in [0.1, 0.15) is 5.75 Å². The van der Waals surface area contributed by atoms with E-state index in [4.69, 9.17) is 9.47 Å². The molecule has 0 atom stereocenters. The van der Waals surface area contributed by atoms with Crippen molar-refractivity contribution in [3.05, 3.63) is 54.1 Å². The first kappa shape index (κ1) is 19.3. The lowest BCUT2D eigenvalue weighted by Gasteiger charge is -2.11. The van der Waals surface area contributed by atoms with Crippen molar-refractivity contribution in [2.45, 2.75) is 0 Å². The Hall–Kier alpha value is -3.07. The van der Waals surface area contributed by atoms with E-state index in [-0.39, 0.29) is 11.3 Å². The minimum Gasteiger partial charge on any atom is -0.497 e. The molecule has 2 rings (SSSR count). The van der Waals surface area contributed by atoms with Gasteiger partial charge in [-0.2, -0.15) is 0 Å². The highest BCUT2D eigenvalue weighted by molar-refractivity contribution is 7.92. The van der Waals surface area contributed by atoms with E-state index >= 15 is 0 Å². The summed E-state index contributed by atoms with van der Waals surface area (Å²) in [5, 5.41) is 2.57. The molecule has 0 unspecified atom stereocenters.